The predicted molar refractivity (Wildman–Crippen MR) is 66.4 cm³/mol. The lowest BCUT2D eigenvalue weighted by Gasteiger charge is -2.30. The molecule has 0 saturated heterocycles. The van der Waals surface area contributed by atoms with Gasteiger partial charge in [-0.25, -0.2) is 0 Å². The number of methoxy groups -OCH3 is 1. The maximum Gasteiger partial charge on any atom is 0.325 e. The van der Waals surface area contributed by atoms with Gasteiger partial charge in [-0.15, -0.1) is 0 Å². The molecule has 0 radical (unpaired) electrons. The van der Waals surface area contributed by atoms with Crippen molar-refractivity contribution in [2.45, 2.75) is 32.7 Å². The van der Waals surface area contributed by atoms with E-state index in [2.05, 4.69) is 24.1 Å². The summed E-state index contributed by atoms with van der Waals surface area (Å²) in [6.45, 7) is 7.81. The highest BCUT2D eigenvalue weighted by molar-refractivity contribution is 5.80. The van der Waals surface area contributed by atoms with Gasteiger partial charge in [0.1, 0.15) is 5.54 Å². The van der Waals surface area contributed by atoms with Crippen LogP contribution in [0.1, 0.15) is 27.2 Å². The number of rotatable bonds is 7. The van der Waals surface area contributed by atoms with Gasteiger partial charge in [0.2, 0.25) is 0 Å². The maximum atomic E-state index is 11.7. The fourth-order valence-electron chi connectivity index (χ4n) is 1.82. The number of nitrogens with one attached hydrogen (secondary N) is 1. The molecule has 0 amide bonds. The zero-order valence-electron chi connectivity index (χ0n) is 11.5. The summed E-state index contributed by atoms with van der Waals surface area (Å²) in [5, 5.41) is 3.29. The van der Waals surface area contributed by atoms with Crippen molar-refractivity contribution in [2.24, 2.45) is 5.92 Å². The molecule has 0 rings (SSSR count). The van der Waals surface area contributed by atoms with E-state index in [-0.39, 0.29) is 5.97 Å². The first kappa shape index (κ1) is 15.4. The number of likely N-dealkylation sites (N-methyl/N-ethyl adjacent to an activating group) is 1. The van der Waals surface area contributed by atoms with Crippen LogP contribution in [0.2, 0.25) is 0 Å². The molecule has 4 heteroatoms. The molecule has 4 nitrogen and oxygen atoms in total. The average Bonchev–Trinajstić information content (AvgIpc) is 2.14. The summed E-state index contributed by atoms with van der Waals surface area (Å²) in [7, 11) is 5.47. The van der Waals surface area contributed by atoms with E-state index in [0.717, 1.165) is 19.5 Å². The largest absolute Gasteiger partial charge is 0.468 e. The van der Waals surface area contributed by atoms with Crippen molar-refractivity contribution >= 4 is 5.97 Å². The molecule has 16 heavy (non-hydrogen) atoms. The van der Waals surface area contributed by atoms with E-state index >= 15 is 0 Å². The van der Waals surface area contributed by atoms with Crippen LogP contribution < -0.4 is 5.32 Å². The Labute approximate surface area is 99.3 Å². The highest BCUT2D eigenvalue weighted by Crippen LogP contribution is 2.17. The zero-order valence-corrected chi connectivity index (χ0v) is 11.5. The van der Waals surface area contributed by atoms with E-state index in [1.54, 1.807) is 0 Å². The van der Waals surface area contributed by atoms with E-state index in [9.17, 15) is 4.79 Å². The van der Waals surface area contributed by atoms with Crippen LogP contribution in [0.25, 0.3) is 0 Å². The summed E-state index contributed by atoms with van der Waals surface area (Å²) in [4.78, 5) is 13.8. The van der Waals surface area contributed by atoms with Gasteiger partial charge in [-0.1, -0.05) is 13.8 Å². The Bertz CT molecular complexity index is 217. The Hall–Kier alpha value is -0.610. The van der Waals surface area contributed by atoms with Gasteiger partial charge in [-0.3, -0.25) is 4.79 Å². The average molecular weight is 230 g/mol. The highest BCUT2D eigenvalue weighted by Gasteiger charge is 2.34. The maximum absolute atomic E-state index is 11.7. The van der Waals surface area contributed by atoms with Gasteiger partial charge < -0.3 is 15.0 Å². The standard InChI is InChI=1S/C12H26N2O2/c1-10(2)9-12(3,11(15)16-6)13-7-8-14(4)5/h10,13H,7-9H2,1-6H3. The minimum atomic E-state index is -0.571. The van der Waals surface area contributed by atoms with Gasteiger partial charge in [0.05, 0.1) is 7.11 Å². The minimum absolute atomic E-state index is 0.181. The molecule has 0 bridgehead atoms. The molecule has 0 fully saturated rings. The molecule has 0 aromatic carbocycles. The Kier molecular flexibility index (Phi) is 6.60. The summed E-state index contributed by atoms with van der Waals surface area (Å²) in [5.74, 6) is 0.274. The van der Waals surface area contributed by atoms with E-state index in [1.807, 2.05) is 21.0 Å². The zero-order chi connectivity index (χ0) is 12.8. The van der Waals surface area contributed by atoms with Crippen LogP contribution in [0.5, 0.6) is 0 Å². The van der Waals surface area contributed by atoms with Gasteiger partial charge >= 0.3 is 5.97 Å². The van der Waals surface area contributed by atoms with Crippen LogP contribution in [0.3, 0.4) is 0 Å². The fraction of sp³-hybridized carbons (Fsp3) is 0.917. The lowest BCUT2D eigenvalue weighted by Crippen LogP contribution is -2.52. The molecular weight excluding hydrogens is 204 g/mol. The first-order valence-electron chi connectivity index (χ1n) is 5.80. The van der Waals surface area contributed by atoms with Crippen molar-refractivity contribution in [3.63, 3.8) is 0 Å². The van der Waals surface area contributed by atoms with Crippen LogP contribution in [0.4, 0.5) is 0 Å². The van der Waals surface area contributed by atoms with E-state index in [4.69, 9.17) is 4.74 Å². The topological polar surface area (TPSA) is 41.6 Å². The summed E-state index contributed by atoms with van der Waals surface area (Å²) >= 11 is 0. The second-order valence-electron chi connectivity index (χ2n) is 5.15. The monoisotopic (exact) mass is 230 g/mol. The SMILES string of the molecule is COC(=O)C(C)(CC(C)C)NCCN(C)C. The van der Waals surface area contributed by atoms with Crippen molar-refractivity contribution in [3.8, 4) is 0 Å². The van der Waals surface area contributed by atoms with Crippen molar-refractivity contribution in [1.29, 1.82) is 0 Å². The summed E-state index contributed by atoms with van der Waals surface area (Å²) in [6.07, 6.45) is 0.785. The molecule has 0 saturated carbocycles. The number of esters is 1. The highest BCUT2D eigenvalue weighted by atomic mass is 16.5. The number of carbonyl (C=O) groups is 1. The van der Waals surface area contributed by atoms with E-state index in [1.165, 1.54) is 7.11 Å². The molecule has 0 aliphatic carbocycles. The molecule has 0 aromatic heterocycles. The van der Waals surface area contributed by atoms with Crippen molar-refractivity contribution in [3.05, 3.63) is 0 Å². The number of hydrogen-bond donors (Lipinski definition) is 1. The van der Waals surface area contributed by atoms with Crippen LogP contribution in [-0.2, 0) is 9.53 Å². The third-order valence-electron chi connectivity index (χ3n) is 2.53. The molecule has 0 aliphatic rings. The molecular formula is C12H26N2O2. The van der Waals surface area contributed by atoms with Crippen molar-refractivity contribution < 1.29 is 9.53 Å². The summed E-state index contributed by atoms with van der Waals surface area (Å²) < 4.78 is 4.86. The Morgan fingerprint density at radius 3 is 2.38 bits per heavy atom. The van der Waals surface area contributed by atoms with Gasteiger partial charge in [-0.05, 0) is 33.4 Å². The molecule has 0 spiro atoms. The van der Waals surface area contributed by atoms with Crippen LogP contribution in [-0.4, -0.2) is 50.7 Å². The van der Waals surface area contributed by atoms with E-state index < -0.39 is 5.54 Å². The number of carbonyl (C=O) groups excluding carboxylic acids is 1. The molecule has 1 N–H and O–H groups in total. The number of ether oxygens (including phenoxy) is 1. The molecule has 0 aromatic rings. The summed E-state index contributed by atoms with van der Waals surface area (Å²) in [6, 6.07) is 0. The molecule has 96 valence electrons. The van der Waals surface area contributed by atoms with Crippen LogP contribution in [0, 0.1) is 5.92 Å². The fourth-order valence-corrected chi connectivity index (χ4v) is 1.82. The van der Waals surface area contributed by atoms with E-state index in [0.29, 0.717) is 5.92 Å². The molecule has 1 unspecified atom stereocenters. The molecule has 0 aliphatic heterocycles. The van der Waals surface area contributed by atoms with Gasteiger partial charge in [0.25, 0.3) is 0 Å². The van der Waals surface area contributed by atoms with Gasteiger partial charge in [0.15, 0.2) is 0 Å². The Morgan fingerprint density at radius 2 is 2.00 bits per heavy atom. The van der Waals surface area contributed by atoms with Crippen molar-refractivity contribution in [2.75, 3.05) is 34.3 Å². The lowest BCUT2D eigenvalue weighted by atomic mass is 9.90. The Balaban J connectivity index is 4.36. The second-order valence-corrected chi connectivity index (χ2v) is 5.15. The van der Waals surface area contributed by atoms with Crippen molar-refractivity contribution in [1.82, 2.24) is 10.2 Å². The third-order valence-corrected chi connectivity index (χ3v) is 2.53. The lowest BCUT2D eigenvalue weighted by molar-refractivity contribution is -0.148. The van der Waals surface area contributed by atoms with Gasteiger partial charge in [-0.2, -0.15) is 0 Å². The smallest absolute Gasteiger partial charge is 0.325 e. The first-order chi connectivity index (χ1) is 7.31. The normalized spacial score (nSPS) is 15.2. The van der Waals surface area contributed by atoms with Crippen LogP contribution in [0.15, 0.2) is 0 Å². The minimum Gasteiger partial charge on any atom is -0.468 e. The quantitative estimate of drug-likeness (QED) is 0.665. The summed E-state index contributed by atoms with van der Waals surface area (Å²) in [5.41, 5.74) is -0.571. The molecule has 0 heterocycles. The third kappa shape index (κ3) is 5.47. The predicted octanol–water partition coefficient (Wildman–Crippen LogP) is 1.12. The van der Waals surface area contributed by atoms with Gasteiger partial charge in [0, 0.05) is 13.1 Å². The number of nitrogens with zero attached hydrogens (tertiary/aromatic N) is 1. The van der Waals surface area contributed by atoms with Crippen LogP contribution >= 0.6 is 0 Å². The second kappa shape index (κ2) is 6.86. The molecule has 1 atom stereocenters. The first-order valence-corrected chi connectivity index (χ1v) is 5.80. The number of hydrogen-bond acceptors (Lipinski definition) is 4. The Morgan fingerprint density at radius 1 is 1.44 bits per heavy atom.